The zero-order chi connectivity index (χ0) is 9.90. The number of nitrogens with zero attached hydrogens (tertiary/aromatic N) is 1. The van der Waals surface area contributed by atoms with Gasteiger partial charge in [-0.1, -0.05) is 6.92 Å². The SMILES string of the molecule is CCC(C)(N)CN(C)C1CCOC1. The molecular weight excluding hydrogens is 164 g/mol. The molecule has 13 heavy (non-hydrogen) atoms. The van der Waals surface area contributed by atoms with Crippen LogP contribution in [-0.2, 0) is 4.74 Å². The van der Waals surface area contributed by atoms with E-state index in [1.165, 1.54) is 0 Å². The van der Waals surface area contributed by atoms with Crippen molar-refractivity contribution in [3.63, 3.8) is 0 Å². The number of nitrogens with two attached hydrogens (primary N) is 1. The molecule has 1 fully saturated rings. The molecule has 0 aliphatic carbocycles. The number of hydrogen-bond acceptors (Lipinski definition) is 3. The van der Waals surface area contributed by atoms with Crippen molar-refractivity contribution >= 4 is 0 Å². The average molecular weight is 186 g/mol. The van der Waals surface area contributed by atoms with Crippen LogP contribution in [0.2, 0.25) is 0 Å². The third kappa shape index (κ3) is 3.25. The van der Waals surface area contributed by atoms with Crippen molar-refractivity contribution in [2.45, 2.75) is 38.3 Å². The predicted octanol–water partition coefficient (Wildman–Crippen LogP) is 0.834. The van der Waals surface area contributed by atoms with E-state index in [4.69, 9.17) is 10.5 Å². The van der Waals surface area contributed by atoms with Crippen molar-refractivity contribution in [2.24, 2.45) is 5.73 Å². The highest BCUT2D eigenvalue weighted by Crippen LogP contribution is 2.14. The van der Waals surface area contributed by atoms with Gasteiger partial charge in [0.2, 0.25) is 0 Å². The van der Waals surface area contributed by atoms with Crippen LogP contribution in [0.25, 0.3) is 0 Å². The predicted molar refractivity (Wildman–Crippen MR) is 54.7 cm³/mol. The molecule has 1 rings (SSSR count). The second-order valence-corrected chi connectivity index (χ2v) is 4.44. The Hall–Kier alpha value is -0.120. The van der Waals surface area contributed by atoms with E-state index in [-0.39, 0.29) is 5.54 Å². The molecule has 3 heteroatoms. The first kappa shape index (κ1) is 11.0. The third-order valence-corrected chi connectivity index (χ3v) is 2.95. The average Bonchev–Trinajstić information content (AvgIpc) is 2.55. The molecule has 0 bridgehead atoms. The summed E-state index contributed by atoms with van der Waals surface area (Å²) in [6.07, 6.45) is 2.17. The molecule has 1 heterocycles. The minimum atomic E-state index is -0.0582. The fourth-order valence-electron chi connectivity index (χ4n) is 1.68. The lowest BCUT2D eigenvalue weighted by molar-refractivity contribution is 0.144. The van der Waals surface area contributed by atoms with Gasteiger partial charge in [-0.05, 0) is 26.8 Å². The highest BCUT2D eigenvalue weighted by molar-refractivity contribution is 4.84. The summed E-state index contributed by atoms with van der Waals surface area (Å²) in [7, 11) is 2.14. The van der Waals surface area contributed by atoms with E-state index < -0.39 is 0 Å². The summed E-state index contributed by atoms with van der Waals surface area (Å²) in [4.78, 5) is 2.33. The fraction of sp³-hybridized carbons (Fsp3) is 1.00. The molecule has 0 aromatic heterocycles. The molecule has 2 atom stereocenters. The quantitative estimate of drug-likeness (QED) is 0.707. The van der Waals surface area contributed by atoms with Crippen LogP contribution in [0, 0.1) is 0 Å². The van der Waals surface area contributed by atoms with Gasteiger partial charge in [-0.15, -0.1) is 0 Å². The van der Waals surface area contributed by atoms with Crippen LogP contribution in [0.4, 0.5) is 0 Å². The fourth-order valence-corrected chi connectivity index (χ4v) is 1.68. The van der Waals surface area contributed by atoms with Crippen LogP contribution in [-0.4, -0.2) is 43.3 Å². The maximum absolute atomic E-state index is 6.10. The lowest BCUT2D eigenvalue weighted by Crippen LogP contribution is -2.49. The summed E-state index contributed by atoms with van der Waals surface area (Å²) >= 11 is 0. The number of hydrogen-bond donors (Lipinski definition) is 1. The molecule has 0 radical (unpaired) electrons. The lowest BCUT2D eigenvalue weighted by Gasteiger charge is -2.32. The van der Waals surface area contributed by atoms with Crippen LogP contribution in [0.5, 0.6) is 0 Å². The zero-order valence-electron chi connectivity index (χ0n) is 9.05. The molecular formula is C10H22N2O. The molecule has 0 aromatic carbocycles. The van der Waals surface area contributed by atoms with Crippen LogP contribution in [0.15, 0.2) is 0 Å². The zero-order valence-corrected chi connectivity index (χ0v) is 9.05. The normalized spacial score (nSPS) is 27.9. The third-order valence-electron chi connectivity index (χ3n) is 2.95. The maximum Gasteiger partial charge on any atom is 0.0622 e. The Kier molecular flexibility index (Phi) is 3.71. The van der Waals surface area contributed by atoms with Crippen LogP contribution in [0.3, 0.4) is 0 Å². The van der Waals surface area contributed by atoms with Gasteiger partial charge in [-0.3, -0.25) is 4.90 Å². The summed E-state index contributed by atoms with van der Waals surface area (Å²) < 4.78 is 5.34. The number of likely N-dealkylation sites (N-methyl/N-ethyl adjacent to an activating group) is 1. The van der Waals surface area contributed by atoms with E-state index in [9.17, 15) is 0 Å². The van der Waals surface area contributed by atoms with Gasteiger partial charge in [0.25, 0.3) is 0 Å². The standard InChI is InChI=1S/C10H22N2O/c1-4-10(2,11)8-12(3)9-5-6-13-7-9/h9H,4-8,11H2,1-3H3. The Morgan fingerprint density at radius 1 is 1.62 bits per heavy atom. The molecule has 1 aliphatic rings. The second kappa shape index (κ2) is 4.40. The molecule has 0 spiro atoms. The van der Waals surface area contributed by atoms with Gasteiger partial charge in [0.1, 0.15) is 0 Å². The smallest absolute Gasteiger partial charge is 0.0622 e. The summed E-state index contributed by atoms with van der Waals surface area (Å²) in [6.45, 7) is 6.98. The molecule has 1 aliphatic heterocycles. The summed E-state index contributed by atoms with van der Waals surface area (Å²) in [5.41, 5.74) is 6.04. The van der Waals surface area contributed by atoms with Gasteiger partial charge in [0.15, 0.2) is 0 Å². The highest BCUT2D eigenvalue weighted by Gasteiger charge is 2.25. The molecule has 0 saturated carbocycles. The minimum Gasteiger partial charge on any atom is -0.380 e. The van der Waals surface area contributed by atoms with Crippen LogP contribution in [0.1, 0.15) is 26.7 Å². The summed E-state index contributed by atoms with van der Waals surface area (Å²) in [5.74, 6) is 0. The van der Waals surface area contributed by atoms with Crippen LogP contribution < -0.4 is 5.73 Å². The van der Waals surface area contributed by atoms with Gasteiger partial charge in [0, 0.05) is 24.7 Å². The Labute approximate surface area is 81.2 Å². The van der Waals surface area contributed by atoms with E-state index in [1.54, 1.807) is 0 Å². The largest absolute Gasteiger partial charge is 0.380 e. The van der Waals surface area contributed by atoms with Gasteiger partial charge >= 0.3 is 0 Å². The van der Waals surface area contributed by atoms with E-state index >= 15 is 0 Å². The topological polar surface area (TPSA) is 38.5 Å². The summed E-state index contributed by atoms with van der Waals surface area (Å²) in [5, 5.41) is 0. The monoisotopic (exact) mass is 186 g/mol. The first-order valence-electron chi connectivity index (χ1n) is 5.12. The van der Waals surface area contributed by atoms with Crippen molar-refractivity contribution in [1.82, 2.24) is 4.90 Å². The van der Waals surface area contributed by atoms with Gasteiger partial charge in [0.05, 0.1) is 6.61 Å². The molecule has 2 N–H and O–H groups in total. The Bertz CT molecular complexity index is 153. The highest BCUT2D eigenvalue weighted by atomic mass is 16.5. The molecule has 0 amide bonds. The van der Waals surface area contributed by atoms with Gasteiger partial charge < -0.3 is 10.5 Å². The molecule has 2 unspecified atom stereocenters. The van der Waals surface area contributed by atoms with Crippen LogP contribution >= 0.6 is 0 Å². The van der Waals surface area contributed by atoms with Crippen molar-refractivity contribution in [3.8, 4) is 0 Å². The molecule has 78 valence electrons. The lowest BCUT2D eigenvalue weighted by atomic mass is 9.99. The Morgan fingerprint density at radius 2 is 2.31 bits per heavy atom. The van der Waals surface area contributed by atoms with E-state index in [0.29, 0.717) is 6.04 Å². The minimum absolute atomic E-state index is 0.0582. The van der Waals surface area contributed by atoms with Crippen molar-refractivity contribution < 1.29 is 4.74 Å². The molecule has 3 nitrogen and oxygen atoms in total. The number of ether oxygens (including phenoxy) is 1. The first-order valence-corrected chi connectivity index (χ1v) is 5.12. The van der Waals surface area contributed by atoms with E-state index in [0.717, 1.165) is 32.6 Å². The number of rotatable bonds is 4. The van der Waals surface area contributed by atoms with E-state index in [2.05, 4.69) is 25.8 Å². The van der Waals surface area contributed by atoms with E-state index in [1.807, 2.05) is 0 Å². The summed E-state index contributed by atoms with van der Waals surface area (Å²) in [6, 6.07) is 0.578. The van der Waals surface area contributed by atoms with Gasteiger partial charge in [-0.25, -0.2) is 0 Å². The first-order chi connectivity index (χ1) is 6.05. The molecule has 0 aromatic rings. The Morgan fingerprint density at radius 3 is 2.77 bits per heavy atom. The Balaban J connectivity index is 2.35. The van der Waals surface area contributed by atoms with Gasteiger partial charge in [-0.2, -0.15) is 0 Å². The molecule has 1 saturated heterocycles. The second-order valence-electron chi connectivity index (χ2n) is 4.44. The van der Waals surface area contributed by atoms with Crippen molar-refractivity contribution in [1.29, 1.82) is 0 Å². The van der Waals surface area contributed by atoms with Crippen molar-refractivity contribution in [3.05, 3.63) is 0 Å². The van der Waals surface area contributed by atoms with Crippen molar-refractivity contribution in [2.75, 3.05) is 26.8 Å². The maximum atomic E-state index is 6.10.